The van der Waals surface area contributed by atoms with Crippen LogP contribution in [0.4, 0.5) is 5.69 Å². The van der Waals surface area contributed by atoms with E-state index >= 15 is 0 Å². The monoisotopic (exact) mass is 313 g/mol. The molecule has 21 heavy (non-hydrogen) atoms. The number of para-hydroxylation sites is 1. The van der Waals surface area contributed by atoms with Crippen LogP contribution >= 0.6 is 0 Å². The molecule has 4 N–H and O–H groups in total. The average molecular weight is 313 g/mol. The Morgan fingerprint density at radius 1 is 1.29 bits per heavy atom. The fourth-order valence-electron chi connectivity index (χ4n) is 1.85. The van der Waals surface area contributed by atoms with Gasteiger partial charge in [0, 0.05) is 18.8 Å². The van der Waals surface area contributed by atoms with E-state index in [9.17, 15) is 13.2 Å². The Morgan fingerprint density at radius 2 is 1.90 bits per heavy atom. The van der Waals surface area contributed by atoms with E-state index in [-0.39, 0.29) is 18.8 Å². The minimum Gasteiger partial charge on any atom is -0.398 e. The van der Waals surface area contributed by atoms with Gasteiger partial charge in [0.25, 0.3) is 0 Å². The third kappa shape index (κ3) is 5.73. The molecule has 0 aromatic heterocycles. The first kappa shape index (κ1) is 17.5. The Balaban J connectivity index is 2.77. The highest BCUT2D eigenvalue weighted by atomic mass is 32.2. The summed E-state index contributed by atoms with van der Waals surface area (Å²) < 4.78 is 23.7. The highest BCUT2D eigenvalue weighted by molar-refractivity contribution is 7.92. The van der Waals surface area contributed by atoms with Crippen molar-refractivity contribution in [3.63, 3.8) is 0 Å². The topological polar surface area (TPSA) is 106 Å². The van der Waals surface area contributed by atoms with Crippen molar-refractivity contribution in [3.8, 4) is 0 Å². The summed E-state index contributed by atoms with van der Waals surface area (Å²) in [4.78, 5) is 12.8. The van der Waals surface area contributed by atoms with E-state index in [2.05, 4.69) is 0 Å². The van der Waals surface area contributed by atoms with E-state index in [1.807, 2.05) is 18.2 Å². The molecule has 0 radical (unpaired) electrons. The molecule has 1 rings (SSSR count). The molecule has 1 aromatic rings. The molecule has 6 nitrogen and oxygen atoms in total. The van der Waals surface area contributed by atoms with Crippen LogP contribution in [-0.4, -0.2) is 43.3 Å². The van der Waals surface area contributed by atoms with Gasteiger partial charge in [-0.1, -0.05) is 18.2 Å². The van der Waals surface area contributed by atoms with Crippen molar-refractivity contribution in [2.75, 3.05) is 24.6 Å². The number of nitrogens with two attached hydrogens (primary N) is 2. The highest BCUT2D eigenvalue weighted by Crippen LogP contribution is 2.13. The number of carbonyl (C=O) groups is 1. The second-order valence-corrected chi connectivity index (χ2v) is 7.97. The molecule has 0 heterocycles. The first-order valence-electron chi connectivity index (χ1n) is 6.78. The number of nitrogen functional groups attached to an aromatic ring is 1. The van der Waals surface area contributed by atoms with Gasteiger partial charge in [-0.25, -0.2) is 8.42 Å². The van der Waals surface area contributed by atoms with Crippen molar-refractivity contribution in [2.24, 2.45) is 5.73 Å². The van der Waals surface area contributed by atoms with Gasteiger partial charge in [-0.15, -0.1) is 0 Å². The van der Waals surface area contributed by atoms with Gasteiger partial charge < -0.3 is 11.5 Å². The maximum atomic E-state index is 11.9. The number of hydrogen-bond acceptors (Lipinski definition) is 5. The lowest BCUT2D eigenvalue weighted by molar-refractivity contribution is -0.119. The maximum Gasteiger partial charge on any atom is 0.231 e. The molecule has 0 aliphatic heterocycles. The van der Waals surface area contributed by atoms with Crippen LogP contribution in [0.25, 0.3) is 0 Å². The lowest BCUT2D eigenvalue weighted by Crippen LogP contribution is -2.37. The first-order chi connectivity index (χ1) is 9.72. The van der Waals surface area contributed by atoms with Crippen molar-refractivity contribution in [2.45, 2.75) is 25.6 Å². The van der Waals surface area contributed by atoms with Crippen molar-refractivity contribution in [3.05, 3.63) is 29.8 Å². The fraction of sp³-hybridized carbons (Fsp3) is 0.500. The van der Waals surface area contributed by atoms with Crippen molar-refractivity contribution in [1.82, 2.24) is 4.90 Å². The van der Waals surface area contributed by atoms with Gasteiger partial charge in [0.2, 0.25) is 5.91 Å². The number of benzene rings is 1. The molecule has 0 spiro atoms. The van der Waals surface area contributed by atoms with E-state index in [0.29, 0.717) is 12.2 Å². The minimum atomic E-state index is -3.16. The number of amides is 1. The SMILES string of the molecule is CC(C)S(=O)(=O)CCN(CC(N)=O)Cc1ccccc1N. The van der Waals surface area contributed by atoms with E-state index in [1.54, 1.807) is 24.8 Å². The van der Waals surface area contributed by atoms with Gasteiger partial charge in [-0.05, 0) is 25.5 Å². The van der Waals surface area contributed by atoms with Gasteiger partial charge in [0.1, 0.15) is 0 Å². The van der Waals surface area contributed by atoms with E-state index in [4.69, 9.17) is 11.5 Å². The average Bonchev–Trinajstić information content (AvgIpc) is 2.38. The summed E-state index contributed by atoms with van der Waals surface area (Å²) in [5.41, 5.74) is 12.5. The number of primary amides is 1. The molecule has 0 unspecified atom stereocenters. The summed E-state index contributed by atoms with van der Waals surface area (Å²) in [5, 5.41) is -0.435. The summed E-state index contributed by atoms with van der Waals surface area (Å²) in [6, 6.07) is 7.28. The summed E-state index contributed by atoms with van der Waals surface area (Å²) in [6.45, 7) is 3.93. The lowest BCUT2D eigenvalue weighted by Gasteiger charge is -2.22. The van der Waals surface area contributed by atoms with Crippen LogP contribution in [0.15, 0.2) is 24.3 Å². The van der Waals surface area contributed by atoms with Crippen LogP contribution in [0.5, 0.6) is 0 Å². The van der Waals surface area contributed by atoms with E-state index in [1.165, 1.54) is 0 Å². The normalized spacial score (nSPS) is 12.0. The number of hydrogen-bond donors (Lipinski definition) is 2. The van der Waals surface area contributed by atoms with Crippen LogP contribution in [0.1, 0.15) is 19.4 Å². The molecule has 7 heteroatoms. The quantitative estimate of drug-likeness (QED) is 0.675. The second-order valence-electron chi connectivity index (χ2n) is 5.29. The predicted molar refractivity (Wildman–Crippen MR) is 84.2 cm³/mol. The maximum absolute atomic E-state index is 11.9. The van der Waals surface area contributed by atoms with Crippen molar-refractivity contribution < 1.29 is 13.2 Å². The number of sulfone groups is 1. The summed E-state index contributed by atoms with van der Waals surface area (Å²) in [6.07, 6.45) is 0. The fourth-order valence-corrected chi connectivity index (χ4v) is 2.83. The van der Waals surface area contributed by atoms with Crippen LogP contribution in [0.3, 0.4) is 0 Å². The van der Waals surface area contributed by atoms with Crippen LogP contribution in [-0.2, 0) is 21.2 Å². The van der Waals surface area contributed by atoms with Crippen LogP contribution in [0.2, 0.25) is 0 Å². The standard InChI is InChI=1S/C14H23N3O3S/c1-11(2)21(19,20)8-7-17(10-14(16)18)9-12-5-3-4-6-13(12)15/h3-6,11H,7-10,15H2,1-2H3,(H2,16,18). The molecular formula is C14H23N3O3S. The minimum absolute atomic E-state index is 0.00193. The largest absolute Gasteiger partial charge is 0.398 e. The Hall–Kier alpha value is -1.60. The zero-order valence-corrected chi connectivity index (χ0v) is 13.3. The van der Waals surface area contributed by atoms with Crippen molar-refractivity contribution in [1.29, 1.82) is 0 Å². The summed E-state index contributed by atoms with van der Waals surface area (Å²) in [5.74, 6) is -0.503. The molecule has 0 saturated carbocycles. The lowest BCUT2D eigenvalue weighted by atomic mass is 10.1. The number of rotatable bonds is 8. The first-order valence-corrected chi connectivity index (χ1v) is 8.49. The molecule has 1 amide bonds. The summed E-state index contributed by atoms with van der Waals surface area (Å²) >= 11 is 0. The second kappa shape index (κ2) is 7.42. The Labute approximate surface area is 126 Å². The molecule has 0 saturated heterocycles. The van der Waals surface area contributed by atoms with Gasteiger partial charge >= 0.3 is 0 Å². The molecule has 0 bridgehead atoms. The summed E-state index contributed by atoms with van der Waals surface area (Å²) in [7, 11) is -3.16. The van der Waals surface area contributed by atoms with Gasteiger partial charge in [-0.2, -0.15) is 0 Å². The zero-order chi connectivity index (χ0) is 16.0. The van der Waals surface area contributed by atoms with E-state index < -0.39 is 21.0 Å². The molecule has 0 aliphatic carbocycles. The smallest absolute Gasteiger partial charge is 0.231 e. The third-order valence-electron chi connectivity index (χ3n) is 3.24. The Kier molecular flexibility index (Phi) is 6.17. The Morgan fingerprint density at radius 3 is 2.43 bits per heavy atom. The molecule has 0 aliphatic rings. The van der Waals surface area contributed by atoms with E-state index in [0.717, 1.165) is 5.56 Å². The van der Waals surface area contributed by atoms with Gasteiger partial charge in [0.15, 0.2) is 9.84 Å². The van der Waals surface area contributed by atoms with Gasteiger partial charge in [0.05, 0.1) is 17.5 Å². The van der Waals surface area contributed by atoms with Crippen LogP contribution in [0, 0.1) is 0 Å². The third-order valence-corrected chi connectivity index (χ3v) is 5.43. The molecule has 0 fully saturated rings. The molecule has 1 aromatic carbocycles. The number of carbonyl (C=O) groups excluding carboxylic acids is 1. The number of nitrogens with zero attached hydrogens (tertiary/aromatic N) is 1. The molecule has 0 atom stereocenters. The number of anilines is 1. The Bertz CT molecular complexity index is 585. The van der Waals surface area contributed by atoms with Gasteiger partial charge in [-0.3, -0.25) is 9.69 Å². The zero-order valence-electron chi connectivity index (χ0n) is 12.5. The van der Waals surface area contributed by atoms with Crippen molar-refractivity contribution >= 4 is 21.4 Å². The molecular weight excluding hydrogens is 290 g/mol. The van der Waals surface area contributed by atoms with Crippen LogP contribution < -0.4 is 11.5 Å². The predicted octanol–water partition coefficient (Wildman–Crippen LogP) is 0.379. The molecule has 118 valence electrons. The highest BCUT2D eigenvalue weighted by Gasteiger charge is 2.19.